The van der Waals surface area contributed by atoms with Crippen LogP contribution in [0.25, 0.3) is 0 Å². The number of hydrogen-bond donors (Lipinski definition) is 2. The molecule has 3 unspecified atom stereocenters. The largest absolute Gasteiger partial charge is 0.353 e. The van der Waals surface area contributed by atoms with Gasteiger partial charge in [-0.3, -0.25) is 4.79 Å². The maximum absolute atomic E-state index is 13.2. The van der Waals surface area contributed by atoms with Gasteiger partial charge >= 0.3 is 0 Å². The molecule has 0 aliphatic heterocycles. The molecule has 1 aliphatic carbocycles. The summed E-state index contributed by atoms with van der Waals surface area (Å²) in [5.74, 6) is -0.313. The van der Waals surface area contributed by atoms with Crippen molar-refractivity contribution >= 4 is 5.91 Å². The quantitative estimate of drug-likeness (QED) is 0.875. The number of nitrogens with one attached hydrogen (secondary N) is 1. The highest BCUT2D eigenvalue weighted by Gasteiger charge is 2.28. The van der Waals surface area contributed by atoms with Crippen LogP contribution in [0.2, 0.25) is 0 Å². The van der Waals surface area contributed by atoms with Gasteiger partial charge in [0.2, 0.25) is 5.91 Å². The molecule has 3 atom stereocenters. The molecule has 0 radical (unpaired) electrons. The summed E-state index contributed by atoms with van der Waals surface area (Å²) in [5, 5.41) is 3.06. The van der Waals surface area contributed by atoms with E-state index in [1.807, 2.05) is 0 Å². The van der Waals surface area contributed by atoms with Gasteiger partial charge in [0.15, 0.2) is 0 Å². The minimum absolute atomic E-state index is 0.0454. The molecule has 0 bridgehead atoms. The van der Waals surface area contributed by atoms with Gasteiger partial charge in [-0.25, -0.2) is 4.39 Å². The smallest absolute Gasteiger partial charge is 0.227 e. The number of rotatable bonds is 4. The first-order chi connectivity index (χ1) is 9.11. The maximum Gasteiger partial charge on any atom is 0.227 e. The van der Waals surface area contributed by atoms with E-state index in [9.17, 15) is 9.18 Å². The first kappa shape index (κ1) is 14.0. The van der Waals surface area contributed by atoms with E-state index in [0.29, 0.717) is 18.0 Å². The third-order valence-electron chi connectivity index (χ3n) is 4.03. The lowest BCUT2D eigenvalue weighted by atomic mass is 9.98. The van der Waals surface area contributed by atoms with Crippen LogP contribution in [-0.4, -0.2) is 18.5 Å². The van der Waals surface area contributed by atoms with E-state index < -0.39 is 0 Å². The predicted molar refractivity (Wildman–Crippen MR) is 73.1 cm³/mol. The predicted octanol–water partition coefficient (Wildman–Crippen LogP) is 2.17. The normalized spacial score (nSPS) is 24.2. The Hall–Kier alpha value is -1.42. The molecule has 0 heterocycles. The number of carbonyl (C=O) groups is 1. The molecule has 1 amide bonds. The molecule has 1 fully saturated rings. The van der Waals surface area contributed by atoms with E-state index in [1.165, 1.54) is 12.1 Å². The molecular weight excluding hydrogens is 243 g/mol. The second kappa shape index (κ2) is 6.15. The van der Waals surface area contributed by atoms with Crippen molar-refractivity contribution in [3.8, 4) is 0 Å². The fraction of sp³-hybridized carbons (Fsp3) is 0.533. The van der Waals surface area contributed by atoms with Crippen LogP contribution >= 0.6 is 0 Å². The summed E-state index contributed by atoms with van der Waals surface area (Å²) in [4.78, 5) is 12.2. The van der Waals surface area contributed by atoms with Crippen molar-refractivity contribution in [2.45, 2.75) is 38.1 Å². The van der Waals surface area contributed by atoms with Crippen molar-refractivity contribution in [2.24, 2.45) is 11.7 Å². The van der Waals surface area contributed by atoms with E-state index in [4.69, 9.17) is 5.73 Å². The number of nitrogens with two attached hydrogens (primary N) is 1. The lowest BCUT2D eigenvalue weighted by Gasteiger charge is -2.22. The summed E-state index contributed by atoms with van der Waals surface area (Å²) in [5.41, 5.74) is 6.41. The van der Waals surface area contributed by atoms with Gasteiger partial charge in [-0.2, -0.15) is 0 Å². The van der Waals surface area contributed by atoms with Crippen LogP contribution < -0.4 is 11.1 Å². The molecule has 3 N–H and O–H groups in total. The second-order valence-electron chi connectivity index (χ2n) is 5.32. The van der Waals surface area contributed by atoms with E-state index in [1.54, 1.807) is 19.1 Å². The van der Waals surface area contributed by atoms with Crippen LogP contribution in [0, 0.1) is 11.7 Å². The van der Waals surface area contributed by atoms with Crippen LogP contribution in [-0.2, 0) is 4.79 Å². The molecular formula is C15H21FN2O. The van der Waals surface area contributed by atoms with E-state index in [-0.39, 0.29) is 23.7 Å². The van der Waals surface area contributed by atoms with Gasteiger partial charge in [0.05, 0.1) is 5.92 Å². The van der Waals surface area contributed by atoms with Crippen molar-refractivity contribution in [1.29, 1.82) is 0 Å². The number of halogens is 1. The van der Waals surface area contributed by atoms with E-state index >= 15 is 0 Å². The SMILES string of the molecule is CC(C(=O)NC1CCCC1CN)c1cccc(F)c1. The van der Waals surface area contributed by atoms with Crippen molar-refractivity contribution in [3.63, 3.8) is 0 Å². The molecule has 1 aromatic rings. The lowest BCUT2D eigenvalue weighted by Crippen LogP contribution is -2.41. The Labute approximate surface area is 113 Å². The first-order valence-electron chi connectivity index (χ1n) is 6.87. The fourth-order valence-electron chi connectivity index (χ4n) is 2.74. The molecule has 104 valence electrons. The minimum Gasteiger partial charge on any atom is -0.353 e. The van der Waals surface area contributed by atoms with Gasteiger partial charge in [-0.15, -0.1) is 0 Å². The van der Waals surface area contributed by atoms with Crippen LogP contribution in [0.5, 0.6) is 0 Å². The third kappa shape index (κ3) is 3.32. The maximum atomic E-state index is 13.2. The van der Waals surface area contributed by atoms with Gasteiger partial charge in [-0.1, -0.05) is 18.6 Å². The summed E-state index contributed by atoms with van der Waals surface area (Å²) >= 11 is 0. The standard InChI is InChI=1S/C15H21FN2O/c1-10(11-4-2-6-13(16)8-11)15(19)18-14-7-3-5-12(14)9-17/h2,4,6,8,10,12,14H,3,5,7,9,17H2,1H3,(H,18,19). The topological polar surface area (TPSA) is 55.1 Å². The highest BCUT2D eigenvalue weighted by atomic mass is 19.1. The van der Waals surface area contributed by atoms with Gasteiger partial charge in [0.1, 0.15) is 5.82 Å². The number of hydrogen-bond acceptors (Lipinski definition) is 2. The zero-order chi connectivity index (χ0) is 13.8. The van der Waals surface area contributed by atoms with E-state index in [0.717, 1.165) is 19.3 Å². The molecule has 1 aromatic carbocycles. The van der Waals surface area contributed by atoms with Gasteiger partial charge < -0.3 is 11.1 Å². The summed E-state index contributed by atoms with van der Waals surface area (Å²) in [6, 6.07) is 6.39. The Balaban J connectivity index is 1.99. The molecule has 0 spiro atoms. The average Bonchev–Trinajstić information content (AvgIpc) is 2.85. The summed E-state index contributed by atoms with van der Waals surface area (Å²) in [6.45, 7) is 2.41. The van der Waals surface area contributed by atoms with Crippen molar-refractivity contribution in [2.75, 3.05) is 6.54 Å². The highest BCUT2D eigenvalue weighted by Crippen LogP contribution is 2.25. The Bertz CT molecular complexity index is 450. The lowest BCUT2D eigenvalue weighted by molar-refractivity contribution is -0.123. The zero-order valence-electron chi connectivity index (χ0n) is 11.2. The van der Waals surface area contributed by atoms with Crippen molar-refractivity contribution in [3.05, 3.63) is 35.6 Å². The Kier molecular flexibility index (Phi) is 4.53. The molecule has 0 aromatic heterocycles. The fourth-order valence-corrected chi connectivity index (χ4v) is 2.74. The molecule has 1 aliphatic rings. The monoisotopic (exact) mass is 264 g/mol. The summed E-state index contributed by atoms with van der Waals surface area (Å²) in [7, 11) is 0. The Morgan fingerprint density at radius 3 is 3.00 bits per heavy atom. The zero-order valence-corrected chi connectivity index (χ0v) is 11.2. The molecule has 19 heavy (non-hydrogen) atoms. The van der Waals surface area contributed by atoms with Crippen molar-refractivity contribution in [1.82, 2.24) is 5.32 Å². The summed E-state index contributed by atoms with van der Waals surface area (Å²) in [6.07, 6.45) is 3.18. The Morgan fingerprint density at radius 1 is 1.53 bits per heavy atom. The molecule has 4 heteroatoms. The third-order valence-corrected chi connectivity index (χ3v) is 4.03. The van der Waals surface area contributed by atoms with Crippen LogP contribution in [0.3, 0.4) is 0 Å². The van der Waals surface area contributed by atoms with Crippen LogP contribution in [0.4, 0.5) is 4.39 Å². The highest BCUT2D eigenvalue weighted by molar-refractivity contribution is 5.83. The molecule has 0 saturated heterocycles. The molecule has 3 nitrogen and oxygen atoms in total. The van der Waals surface area contributed by atoms with Crippen LogP contribution in [0.1, 0.15) is 37.7 Å². The average molecular weight is 264 g/mol. The summed E-state index contributed by atoms with van der Waals surface area (Å²) < 4.78 is 13.2. The van der Waals surface area contributed by atoms with Crippen molar-refractivity contribution < 1.29 is 9.18 Å². The van der Waals surface area contributed by atoms with Crippen LogP contribution in [0.15, 0.2) is 24.3 Å². The number of carbonyl (C=O) groups excluding carboxylic acids is 1. The molecule has 2 rings (SSSR count). The minimum atomic E-state index is -0.338. The van der Waals surface area contributed by atoms with Gasteiger partial charge in [-0.05, 0) is 49.9 Å². The number of benzene rings is 1. The van der Waals surface area contributed by atoms with E-state index in [2.05, 4.69) is 5.32 Å². The van der Waals surface area contributed by atoms with Gasteiger partial charge in [0, 0.05) is 6.04 Å². The Morgan fingerprint density at radius 2 is 2.32 bits per heavy atom. The van der Waals surface area contributed by atoms with Gasteiger partial charge in [0.25, 0.3) is 0 Å². The molecule has 1 saturated carbocycles. The first-order valence-corrected chi connectivity index (χ1v) is 6.87. The second-order valence-corrected chi connectivity index (χ2v) is 5.32. The number of amides is 1.